The van der Waals surface area contributed by atoms with Crippen LogP contribution in [0.2, 0.25) is 5.02 Å². The SMILES string of the molecule is O=C(CSc1n[nH]c(-c2ccc(Cl)cc2)n1)c1cc([N+](=O)[O-])ccc1Br. The fourth-order valence-corrected chi connectivity index (χ4v) is 3.37. The van der Waals surface area contributed by atoms with Crippen molar-refractivity contribution < 1.29 is 9.72 Å². The minimum absolute atomic E-state index is 0.0533. The first-order valence-electron chi connectivity index (χ1n) is 7.22. The normalized spacial score (nSPS) is 10.7. The number of aromatic amines is 1. The van der Waals surface area contributed by atoms with Gasteiger partial charge in [-0.3, -0.25) is 20.0 Å². The van der Waals surface area contributed by atoms with Crippen LogP contribution in [-0.4, -0.2) is 31.6 Å². The van der Waals surface area contributed by atoms with Gasteiger partial charge >= 0.3 is 0 Å². The summed E-state index contributed by atoms with van der Waals surface area (Å²) >= 11 is 10.2. The molecule has 0 fully saturated rings. The number of Topliss-reactive ketones (excluding diaryl/α,β-unsaturated/α-hetero) is 1. The molecule has 0 spiro atoms. The van der Waals surface area contributed by atoms with Gasteiger partial charge in [-0.25, -0.2) is 4.98 Å². The van der Waals surface area contributed by atoms with Crippen LogP contribution in [0.5, 0.6) is 0 Å². The Kier molecular flexibility index (Phi) is 5.70. The molecule has 0 bridgehead atoms. The summed E-state index contributed by atoms with van der Waals surface area (Å²) in [6.45, 7) is 0. The smallest absolute Gasteiger partial charge is 0.270 e. The second-order valence-electron chi connectivity index (χ2n) is 5.11. The molecule has 1 heterocycles. The Hall–Kier alpha value is -2.23. The third-order valence-corrected chi connectivity index (χ3v) is 5.17. The molecule has 0 unspecified atom stereocenters. The van der Waals surface area contributed by atoms with Crippen LogP contribution < -0.4 is 0 Å². The number of hydrogen-bond donors (Lipinski definition) is 1. The summed E-state index contributed by atoms with van der Waals surface area (Å²) in [7, 11) is 0. The van der Waals surface area contributed by atoms with E-state index in [1.807, 2.05) is 12.1 Å². The van der Waals surface area contributed by atoms with Gasteiger partial charge in [0, 0.05) is 32.8 Å². The molecule has 0 aliphatic rings. The van der Waals surface area contributed by atoms with Gasteiger partial charge in [-0.05, 0) is 30.3 Å². The summed E-state index contributed by atoms with van der Waals surface area (Å²) in [4.78, 5) is 27.0. The molecular weight excluding hydrogens is 444 g/mol. The van der Waals surface area contributed by atoms with Crippen molar-refractivity contribution >= 4 is 50.8 Å². The Morgan fingerprint density at radius 3 is 2.69 bits per heavy atom. The number of benzene rings is 2. The lowest BCUT2D eigenvalue weighted by Gasteiger charge is -2.02. The largest absolute Gasteiger partial charge is 0.293 e. The van der Waals surface area contributed by atoms with Crippen LogP contribution in [-0.2, 0) is 0 Å². The summed E-state index contributed by atoms with van der Waals surface area (Å²) in [5.74, 6) is 0.356. The number of non-ortho nitro benzene ring substituents is 1. The number of thioether (sulfide) groups is 1. The Morgan fingerprint density at radius 2 is 2.00 bits per heavy atom. The van der Waals surface area contributed by atoms with Crippen molar-refractivity contribution in [2.24, 2.45) is 0 Å². The van der Waals surface area contributed by atoms with E-state index in [-0.39, 0.29) is 22.8 Å². The molecule has 2 aromatic carbocycles. The predicted molar refractivity (Wildman–Crippen MR) is 103 cm³/mol. The van der Waals surface area contributed by atoms with Gasteiger partial charge in [-0.2, -0.15) is 0 Å². The molecule has 0 saturated carbocycles. The Morgan fingerprint density at radius 1 is 1.27 bits per heavy atom. The number of aromatic nitrogens is 3. The van der Waals surface area contributed by atoms with Crippen LogP contribution in [0.1, 0.15) is 10.4 Å². The summed E-state index contributed by atoms with van der Waals surface area (Å²) in [5.41, 5.74) is 0.936. The molecule has 0 saturated heterocycles. The molecule has 0 aliphatic carbocycles. The maximum absolute atomic E-state index is 12.4. The van der Waals surface area contributed by atoms with Crippen LogP contribution in [0.25, 0.3) is 11.4 Å². The molecule has 7 nitrogen and oxygen atoms in total. The third-order valence-electron chi connectivity index (χ3n) is 3.38. The molecule has 0 amide bonds. The second-order valence-corrected chi connectivity index (χ2v) is 7.34. The van der Waals surface area contributed by atoms with Gasteiger partial charge in [0.2, 0.25) is 5.16 Å². The van der Waals surface area contributed by atoms with Crippen LogP contribution >= 0.6 is 39.3 Å². The van der Waals surface area contributed by atoms with Gasteiger partial charge in [0.05, 0.1) is 10.7 Å². The molecule has 3 rings (SSSR count). The van der Waals surface area contributed by atoms with Gasteiger partial charge in [0.15, 0.2) is 11.6 Å². The summed E-state index contributed by atoms with van der Waals surface area (Å²) in [6, 6.07) is 11.2. The molecule has 132 valence electrons. The number of nitro groups is 1. The van der Waals surface area contributed by atoms with Crippen molar-refractivity contribution in [3.05, 3.63) is 67.6 Å². The fourth-order valence-electron chi connectivity index (χ4n) is 2.10. The van der Waals surface area contributed by atoms with E-state index in [1.165, 1.54) is 18.2 Å². The zero-order valence-electron chi connectivity index (χ0n) is 13.0. The van der Waals surface area contributed by atoms with E-state index in [1.54, 1.807) is 12.1 Å². The van der Waals surface area contributed by atoms with Gasteiger partial charge in [-0.15, -0.1) is 5.10 Å². The highest BCUT2D eigenvalue weighted by molar-refractivity contribution is 9.10. The van der Waals surface area contributed by atoms with Gasteiger partial charge < -0.3 is 0 Å². The molecule has 0 aliphatic heterocycles. The maximum Gasteiger partial charge on any atom is 0.270 e. The summed E-state index contributed by atoms with van der Waals surface area (Å²) in [5, 5.41) is 18.8. The lowest BCUT2D eigenvalue weighted by Crippen LogP contribution is -2.04. The first-order valence-corrected chi connectivity index (χ1v) is 9.38. The quantitative estimate of drug-likeness (QED) is 0.250. The van der Waals surface area contributed by atoms with Crippen molar-refractivity contribution in [3.8, 4) is 11.4 Å². The van der Waals surface area contributed by atoms with Crippen molar-refractivity contribution in [1.82, 2.24) is 15.2 Å². The lowest BCUT2D eigenvalue weighted by atomic mass is 10.1. The Labute approximate surface area is 165 Å². The van der Waals surface area contributed by atoms with E-state index >= 15 is 0 Å². The number of carbonyl (C=O) groups excluding carboxylic acids is 1. The van der Waals surface area contributed by atoms with E-state index in [0.29, 0.717) is 20.5 Å². The van der Waals surface area contributed by atoms with Crippen LogP contribution in [0.3, 0.4) is 0 Å². The van der Waals surface area contributed by atoms with E-state index < -0.39 is 4.92 Å². The number of nitrogens with one attached hydrogen (secondary N) is 1. The lowest BCUT2D eigenvalue weighted by molar-refractivity contribution is -0.384. The minimum Gasteiger partial charge on any atom is -0.293 e. The number of rotatable bonds is 6. The molecule has 3 aromatic rings. The monoisotopic (exact) mass is 452 g/mol. The van der Waals surface area contributed by atoms with E-state index in [9.17, 15) is 14.9 Å². The number of nitro benzene ring substituents is 1. The summed E-state index contributed by atoms with van der Waals surface area (Å²) in [6.07, 6.45) is 0. The van der Waals surface area contributed by atoms with Gasteiger partial charge in [0.1, 0.15) is 0 Å². The summed E-state index contributed by atoms with van der Waals surface area (Å²) < 4.78 is 0.505. The van der Waals surface area contributed by atoms with Crippen LogP contribution in [0.15, 0.2) is 52.1 Å². The number of nitrogens with zero attached hydrogens (tertiary/aromatic N) is 3. The molecular formula is C16H10BrClN4O3S. The molecule has 1 aromatic heterocycles. The first-order chi connectivity index (χ1) is 12.4. The van der Waals surface area contributed by atoms with Crippen LogP contribution in [0, 0.1) is 10.1 Å². The number of halogens is 2. The first kappa shape index (κ1) is 18.6. The average molecular weight is 454 g/mol. The maximum atomic E-state index is 12.4. The Balaban J connectivity index is 1.70. The van der Waals surface area contributed by atoms with Crippen molar-refractivity contribution in [2.75, 3.05) is 5.75 Å². The number of hydrogen-bond acceptors (Lipinski definition) is 6. The third kappa shape index (κ3) is 4.29. The van der Waals surface area contributed by atoms with Crippen molar-refractivity contribution in [1.29, 1.82) is 0 Å². The van der Waals surface area contributed by atoms with E-state index in [4.69, 9.17) is 11.6 Å². The Bertz CT molecular complexity index is 978. The molecule has 26 heavy (non-hydrogen) atoms. The van der Waals surface area contributed by atoms with E-state index in [2.05, 4.69) is 31.1 Å². The fraction of sp³-hybridized carbons (Fsp3) is 0.0625. The molecule has 10 heteroatoms. The number of carbonyl (C=O) groups is 1. The zero-order chi connectivity index (χ0) is 18.7. The number of H-pyrrole nitrogens is 1. The van der Waals surface area contributed by atoms with Crippen LogP contribution in [0.4, 0.5) is 5.69 Å². The predicted octanol–water partition coefficient (Wildman–Crippen LogP) is 4.77. The molecule has 0 radical (unpaired) electrons. The topological polar surface area (TPSA) is 102 Å². The van der Waals surface area contributed by atoms with E-state index in [0.717, 1.165) is 17.3 Å². The molecule has 0 atom stereocenters. The van der Waals surface area contributed by atoms with Crippen molar-refractivity contribution in [2.45, 2.75) is 5.16 Å². The standard InChI is InChI=1S/C16H10BrClN4O3S/c17-13-6-5-11(22(24)25)7-12(13)14(23)8-26-16-19-15(20-21-16)9-1-3-10(18)4-2-9/h1-7H,8H2,(H,19,20,21). The highest BCUT2D eigenvalue weighted by Gasteiger charge is 2.17. The number of ketones is 1. The molecule has 1 N–H and O–H groups in total. The van der Waals surface area contributed by atoms with Crippen molar-refractivity contribution in [3.63, 3.8) is 0 Å². The second kappa shape index (κ2) is 7.98. The van der Waals surface area contributed by atoms with Gasteiger partial charge in [-0.1, -0.05) is 39.3 Å². The zero-order valence-corrected chi connectivity index (χ0v) is 16.1. The highest BCUT2D eigenvalue weighted by Crippen LogP contribution is 2.26. The van der Waals surface area contributed by atoms with Gasteiger partial charge in [0.25, 0.3) is 5.69 Å². The highest BCUT2D eigenvalue weighted by atomic mass is 79.9. The average Bonchev–Trinajstić information content (AvgIpc) is 3.09. The minimum atomic E-state index is -0.538.